The van der Waals surface area contributed by atoms with E-state index in [-0.39, 0.29) is 30.6 Å². The zero-order valence-electron chi connectivity index (χ0n) is 12.7. The summed E-state index contributed by atoms with van der Waals surface area (Å²) in [5, 5.41) is 4.13. The summed E-state index contributed by atoms with van der Waals surface area (Å²) in [4.78, 5) is 1.80. The van der Waals surface area contributed by atoms with Crippen LogP contribution in [0.25, 0.3) is 0 Å². The molecule has 0 N–H and O–H groups in total. The van der Waals surface area contributed by atoms with E-state index in [0.717, 1.165) is 12.5 Å². The van der Waals surface area contributed by atoms with Gasteiger partial charge in [-0.3, -0.25) is 9.58 Å². The molecule has 7 nitrogen and oxygen atoms in total. The fraction of sp³-hybridized carbons (Fsp3) is 0.750. The molecule has 1 aromatic rings. The number of hydrogen-bond donors (Lipinski definition) is 0. The standard InChI is InChI=1S/C12H22ClN3O4S2/c1-21(17,18)8-6-15(7-9-22(2,19)20)11-12(10-13)16-5-3-4-14-16/h3-5,12H,6-11H2,1-2H3/t12-/m0/s1. The van der Waals surface area contributed by atoms with Gasteiger partial charge in [0.1, 0.15) is 19.7 Å². The molecule has 0 amide bonds. The number of aromatic nitrogens is 2. The van der Waals surface area contributed by atoms with Crippen molar-refractivity contribution in [2.24, 2.45) is 0 Å². The normalized spacial score (nSPS) is 14.4. The summed E-state index contributed by atoms with van der Waals surface area (Å²) in [5.74, 6) is 0.256. The van der Waals surface area contributed by atoms with Crippen LogP contribution in [0.1, 0.15) is 6.04 Å². The largest absolute Gasteiger partial charge is 0.299 e. The van der Waals surface area contributed by atoms with Crippen LogP contribution >= 0.6 is 11.6 Å². The van der Waals surface area contributed by atoms with Gasteiger partial charge in [-0.15, -0.1) is 11.6 Å². The summed E-state index contributed by atoms with van der Waals surface area (Å²) < 4.78 is 47.0. The second-order valence-electron chi connectivity index (χ2n) is 5.35. The molecule has 0 unspecified atom stereocenters. The monoisotopic (exact) mass is 371 g/mol. The van der Waals surface area contributed by atoms with E-state index in [2.05, 4.69) is 5.10 Å². The maximum absolute atomic E-state index is 11.3. The van der Waals surface area contributed by atoms with E-state index in [0.29, 0.717) is 12.4 Å². The Morgan fingerprint density at radius 1 is 1.14 bits per heavy atom. The summed E-state index contributed by atoms with van der Waals surface area (Å²) in [5.41, 5.74) is 0. The van der Waals surface area contributed by atoms with E-state index < -0.39 is 19.7 Å². The van der Waals surface area contributed by atoms with Crippen LogP contribution in [0.15, 0.2) is 18.5 Å². The third-order valence-corrected chi connectivity index (χ3v) is 5.31. The van der Waals surface area contributed by atoms with Crippen LogP contribution in [0.4, 0.5) is 0 Å². The SMILES string of the molecule is CS(=O)(=O)CCN(CCS(C)(=O)=O)C[C@H](CCl)n1cccn1. The molecule has 1 heterocycles. The first-order chi connectivity index (χ1) is 10.1. The quantitative estimate of drug-likeness (QED) is 0.540. The molecule has 0 aliphatic heterocycles. The van der Waals surface area contributed by atoms with Crippen LogP contribution in [-0.4, -0.2) is 81.0 Å². The molecule has 0 spiro atoms. The van der Waals surface area contributed by atoms with Gasteiger partial charge in [-0.25, -0.2) is 16.8 Å². The Labute approximate surface area is 137 Å². The van der Waals surface area contributed by atoms with E-state index >= 15 is 0 Å². The van der Waals surface area contributed by atoms with Crippen LogP contribution in [0, 0.1) is 0 Å². The van der Waals surface area contributed by atoms with Gasteiger partial charge < -0.3 is 0 Å². The molecule has 1 atom stereocenters. The lowest BCUT2D eigenvalue weighted by atomic mass is 10.3. The van der Waals surface area contributed by atoms with Crippen LogP contribution in [0.3, 0.4) is 0 Å². The molecule has 0 aliphatic carbocycles. The van der Waals surface area contributed by atoms with Crippen molar-refractivity contribution in [3.05, 3.63) is 18.5 Å². The molecule has 128 valence electrons. The number of nitrogens with zero attached hydrogens (tertiary/aromatic N) is 3. The van der Waals surface area contributed by atoms with Crippen molar-refractivity contribution in [3.63, 3.8) is 0 Å². The second kappa shape index (κ2) is 8.28. The first-order valence-corrected chi connectivity index (χ1v) is 11.4. The summed E-state index contributed by atoms with van der Waals surface area (Å²) in [6, 6.07) is 1.63. The first-order valence-electron chi connectivity index (χ1n) is 6.73. The lowest BCUT2D eigenvalue weighted by molar-refractivity contribution is 0.256. The van der Waals surface area contributed by atoms with E-state index in [1.165, 1.54) is 0 Å². The van der Waals surface area contributed by atoms with E-state index in [9.17, 15) is 16.8 Å². The smallest absolute Gasteiger partial charge is 0.148 e. The number of halogens is 1. The van der Waals surface area contributed by atoms with E-state index in [4.69, 9.17) is 11.6 Å². The molecule has 10 heteroatoms. The molecule has 0 radical (unpaired) electrons. The number of rotatable bonds is 10. The second-order valence-corrected chi connectivity index (χ2v) is 10.2. The third-order valence-electron chi connectivity index (χ3n) is 3.10. The molecule has 0 bridgehead atoms. The Morgan fingerprint density at radius 3 is 2.05 bits per heavy atom. The summed E-state index contributed by atoms with van der Waals surface area (Å²) in [7, 11) is -6.23. The summed E-state index contributed by atoms with van der Waals surface area (Å²) in [6.07, 6.45) is 5.73. The van der Waals surface area contributed by atoms with Crippen molar-refractivity contribution in [3.8, 4) is 0 Å². The van der Waals surface area contributed by atoms with Crippen LogP contribution in [-0.2, 0) is 19.7 Å². The van der Waals surface area contributed by atoms with E-state index in [1.807, 2.05) is 0 Å². The highest BCUT2D eigenvalue weighted by Gasteiger charge is 2.18. The Morgan fingerprint density at radius 2 is 1.68 bits per heavy atom. The number of alkyl halides is 1. The zero-order valence-corrected chi connectivity index (χ0v) is 15.1. The highest BCUT2D eigenvalue weighted by molar-refractivity contribution is 7.90. The van der Waals surface area contributed by atoms with Gasteiger partial charge in [0, 0.05) is 50.4 Å². The van der Waals surface area contributed by atoms with Gasteiger partial charge in [0.15, 0.2) is 0 Å². The number of sulfone groups is 2. The number of hydrogen-bond acceptors (Lipinski definition) is 6. The average Bonchev–Trinajstić information content (AvgIpc) is 2.89. The van der Waals surface area contributed by atoms with Gasteiger partial charge in [0.2, 0.25) is 0 Å². The Kier molecular flexibility index (Phi) is 7.30. The van der Waals surface area contributed by atoms with Crippen molar-refractivity contribution in [2.75, 3.05) is 49.5 Å². The average molecular weight is 372 g/mol. The molecular formula is C12H22ClN3O4S2. The Bertz CT molecular complexity index is 608. The van der Waals surface area contributed by atoms with Crippen LogP contribution in [0.5, 0.6) is 0 Å². The van der Waals surface area contributed by atoms with Crippen molar-refractivity contribution < 1.29 is 16.8 Å². The molecule has 0 fully saturated rings. The van der Waals surface area contributed by atoms with E-state index in [1.54, 1.807) is 28.0 Å². The molecule has 0 saturated carbocycles. The fourth-order valence-corrected chi connectivity index (χ4v) is 3.30. The van der Waals surface area contributed by atoms with Gasteiger partial charge in [-0.05, 0) is 6.07 Å². The third kappa shape index (κ3) is 8.11. The fourth-order valence-electron chi connectivity index (χ4n) is 1.88. The summed E-state index contributed by atoms with van der Waals surface area (Å²) >= 11 is 5.96. The van der Waals surface area contributed by atoms with Crippen LogP contribution in [0.2, 0.25) is 0 Å². The van der Waals surface area contributed by atoms with Gasteiger partial charge in [0.05, 0.1) is 17.5 Å². The summed E-state index contributed by atoms with van der Waals surface area (Å²) in [6.45, 7) is 0.974. The van der Waals surface area contributed by atoms with Gasteiger partial charge in [0.25, 0.3) is 0 Å². The molecule has 0 aliphatic rings. The first kappa shape index (κ1) is 19.4. The molecule has 0 saturated heterocycles. The minimum Gasteiger partial charge on any atom is -0.299 e. The Balaban J connectivity index is 2.74. The highest BCUT2D eigenvalue weighted by Crippen LogP contribution is 2.10. The molecular weight excluding hydrogens is 350 g/mol. The lowest BCUT2D eigenvalue weighted by Crippen LogP contribution is -2.38. The predicted octanol–water partition coefficient (Wildman–Crippen LogP) is 0.0542. The van der Waals surface area contributed by atoms with Crippen LogP contribution < -0.4 is 0 Å². The molecule has 1 rings (SSSR count). The van der Waals surface area contributed by atoms with Crippen molar-refractivity contribution in [1.29, 1.82) is 0 Å². The van der Waals surface area contributed by atoms with Crippen molar-refractivity contribution >= 4 is 31.3 Å². The molecule has 0 aromatic carbocycles. The minimum atomic E-state index is -3.12. The van der Waals surface area contributed by atoms with Gasteiger partial charge >= 0.3 is 0 Å². The Hall–Kier alpha value is -0.640. The lowest BCUT2D eigenvalue weighted by Gasteiger charge is -2.26. The van der Waals surface area contributed by atoms with Crippen molar-refractivity contribution in [2.45, 2.75) is 6.04 Å². The highest BCUT2D eigenvalue weighted by atomic mass is 35.5. The maximum atomic E-state index is 11.3. The molecule has 1 aromatic heterocycles. The maximum Gasteiger partial charge on any atom is 0.148 e. The van der Waals surface area contributed by atoms with Gasteiger partial charge in [-0.2, -0.15) is 5.10 Å². The minimum absolute atomic E-state index is 0.0229. The van der Waals surface area contributed by atoms with Gasteiger partial charge in [-0.1, -0.05) is 0 Å². The topological polar surface area (TPSA) is 89.3 Å². The predicted molar refractivity (Wildman–Crippen MR) is 87.8 cm³/mol. The molecule has 22 heavy (non-hydrogen) atoms. The zero-order chi connectivity index (χ0) is 16.8. The van der Waals surface area contributed by atoms with Crippen molar-refractivity contribution in [1.82, 2.24) is 14.7 Å².